The lowest BCUT2D eigenvalue weighted by atomic mass is 10.5. The molecular formula is C10H14N2O3S2. The summed E-state index contributed by atoms with van der Waals surface area (Å²) in [7, 11) is -3.64. The summed E-state index contributed by atoms with van der Waals surface area (Å²) >= 11 is 1.74. The van der Waals surface area contributed by atoms with E-state index in [-0.39, 0.29) is 4.90 Å². The van der Waals surface area contributed by atoms with Crippen molar-refractivity contribution in [1.82, 2.24) is 9.29 Å². The molecule has 0 aromatic carbocycles. The molecule has 0 aliphatic carbocycles. The highest BCUT2D eigenvalue weighted by Crippen LogP contribution is 2.17. The lowest BCUT2D eigenvalue weighted by Crippen LogP contribution is -2.35. The molecule has 1 saturated heterocycles. The minimum Gasteiger partial charge on any atom is -0.366 e. The van der Waals surface area contributed by atoms with Gasteiger partial charge < -0.3 is 4.98 Å². The van der Waals surface area contributed by atoms with Crippen LogP contribution in [0.25, 0.3) is 0 Å². The van der Waals surface area contributed by atoms with E-state index in [2.05, 4.69) is 4.98 Å². The van der Waals surface area contributed by atoms with Gasteiger partial charge in [0.05, 0.1) is 0 Å². The highest BCUT2D eigenvalue weighted by atomic mass is 32.2. The van der Waals surface area contributed by atoms with Gasteiger partial charge in [-0.2, -0.15) is 16.1 Å². The molecule has 0 bridgehead atoms. The summed E-state index contributed by atoms with van der Waals surface area (Å²) in [4.78, 5) is 14.1. The van der Waals surface area contributed by atoms with Crippen molar-refractivity contribution in [2.45, 2.75) is 11.3 Å². The van der Waals surface area contributed by atoms with Crippen molar-refractivity contribution < 1.29 is 8.42 Å². The van der Waals surface area contributed by atoms with Gasteiger partial charge in [0.1, 0.15) is 4.90 Å². The molecule has 5 nitrogen and oxygen atoms in total. The lowest BCUT2D eigenvalue weighted by Gasteiger charge is -2.18. The van der Waals surface area contributed by atoms with E-state index < -0.39 is 15.5 Å². The Morgan fingerprint density at radius 3 is 2.88 bits per heavy atom. The number of hydrogen-bond donors (Lipinski definition) is 1. The Kier molecular flexibility index (Phi) is 3.90. The molecule has 1 aliphatic rings. The Hall–Kier alpha value is -0.790. The summed E-state index contributed by atoms with van der Waals surface area (Å²) < 4.78 is 25.9. The Bertz CT molecular complexity index is 530. The zero-order chi connectivity index (χ0) is 12.3. The zero-order valence-corrected chi connectivity index (χ0v) is 10.9. The van der Waals surface area contributed by atoms with E-state index in [0.29, 0.717) is 13.1 Å². The van der Waals surface area contributed by atoms with E-state index in [0.717, 1.165) is 17.9 Å². The van der Waals surface area contributed by atoms with Crippen molar-refractivity contribution in [2.75, 3.05) is 24.6 Å². The third-order valence-corrected chi connectivity index (χ3v) is 5.56. The van der Waals surface area contributed by atoms with Crippen molar-refractivity contribution in [1.29, 1.82) is 0 Å². The van der Waals surface area contributed by atoms with Crippen LogP contribution >= 0.6 is 11.8 Å². The standard InChI is InChI=1S/C10H14N2O3S2/c13-9-2-3-11-8-10(9)17(14,15)12-4-1-6-16-7-5-12/h2-3,8H,1,4-7H2,(H,11,13). The average Bonchev–Trinajstić information content (AvgIpc) is 2.58. The molecule has 2 heterocycles. The second-order valence-electron chi connectivity index (χ2n) is 3.74. The average molecular weight is 274 g/mol. The molecule has 1 aliphatic heterocycles. The van der Waals surface area contributed by atoms with E-state index in [4.69, 9.17) is 0 Å². The van der Waals surface area contributed by atoms with Crippen LogP contribution in [0.15, 0.2) is 28.2 Å². The normalized spacial score (nSPS) is 18.8. The predicted molar refractivity (Wildman–Crippen MR) is 67.8 cm³/mol. The van der Waals surface area contributed by atoms with Crippen molar-refractivity contribution in [3.63, 3.8) is 0 Å². The van der Waals surface area contributed by atoms with Crippen LogP contribution in [0.1, 0.15) is 6.42 Å². The summed E-state index contributed by atoms with van der Waals surface area (Å²) in [5.74, 6) is 1.75. The third kappa shape index (κ3) is 2.72. The fourth-order valence-electron chi connectivity index (χ4n) is 1.71. The third-order valence-electron chi connectivity index (χ3n) is 2.59. The minimum absolute atomic E-state index is 0.160. The van der Waals surface area contributed by atoms with Gasteiger partial charge in [0.2, 0.25) is 15.5 Å². The van der Waals surface area contributed by atoms with E-state index in [1.54, 1.807) is 11.8 Å². The van der Waals surface area contributed by atoms with Gasteiger partial charge in [0, 0.05) is 37.3 Å². The van der Waals surface area contributed by atoms with Gasteiger partial charge >= 0.3 is 0 Å². The molecule has 0 saturated carbocycles. The lowest BCUT2D eigenvalue weighted by molar-refractivity contribution is 0.434. The molecule has 94 valence electrons. The van der Waals surface area contributed by atoms with Crippen LogP contribution in [0.4, 0.5) is 0 Å². The molecule has 0 spiro atoms. The van der Waals surface area contributed by atoms with Gasteiger partial charge in [-0.25, -0.2) is 8.42 Å². The first-order valence-corrected chi connectivity index (χ1v) is 7.97. The topological polar surface area (TPSA) is 70.2 Å². The molecule has 0 amide bonds. The number of H-pyrrole nitrogens is 1. The number of thioether (sulfide) groups is 1. The number of aromatic amines is 1. The molecule has 0 unspecified atom stereocenters. The minimum atomic E-state index is -3.64. The summed E-state index contributed by atoms with van der Waals surface area (Å²) in [6.07, 6.45) is 3.52. The number of pyridine rings is 1. The molecular weight excluding hydrogens is 260 g/mol. The summed E-state index contributed by atoms with van der Waals surface area (Å²) in [6.45, 7) is 0.963. The quantitative estimate of drug-likeness (QED) is 0.852. The molecule has 17 heavy (non-hydrogen) atoms. The van der Waals surface area contributed by atoms with Gasteiger partial charge in [0.25, 0.3) is 0 Å². The van der Waals surface area contributed by atoms with Gasteiger partial charge in [-0.3, -0.25) is 4.79 Å². The Balaban J connectivity index is 2.36. The second kappa shape index (κ2) is 5.24. The molecule has 1 aromatic rings. The van der Waals surface area contributed by atoms with Crippen LogP contribution in [-0.4, -0.2) is 42.3 Å². The van der Waals surface area contributed by atoms with E-state index in [1.807, 2.05) is 0 Å². The Morgan fingerprint density at radius 2 is 2.12 bits per heavy atom. The predicted octanol–water partition coefficient (Wildman–Crippen LogP) is 0.503. The van der Waals surface area contributed by atoms with E-state index in [1.165, 1.54) is 22.8 Å². The maximum Gasteiger partial charge on any atom is 0.248 e. The van der Waals surface area contributed by atoms with Crippen molar-refractivity contribution in [3.8, 4) is 0 Å². The van der Waals surface area contributed by atoms with Crippen LogP contribution in [0, 0.1) is 0 Å². The fourth-order valence-corrected chi connectivity index (χ4v) is 4.23. The van der Waals surface area contributed by atoms with Crippen LogP contribution < -0.4 is 5.43 Å². The number of sulfonamides is 1. The molecule has 0 radical (unpaired) electrons. The first kappa shape index (κ1) is 12.7. The van der Waals surface area contributed by atoms with Crippen LogP contribution in [0.3, 0.4) is 0 Å². The molecule has 1 aromatic heterocycles. The van der Waals surface area contributed by atoms with Gasteiger partial charge in [-0.15, -0.1) is 0 Å². The molecule has 0 atom stereocenters. The van der Waals surface area contributed by atoms with Gasteiger partial charge in [0.15, 0.2) is 0 Å². The number of rotatable bonds is 2. The zero-order valence-electron chi connectivity index (χ0n) is 9.26. The first-order chi connectivity index (χ1) is 8.12. The van der Waals surface area contributed by atoms with Gasteiger partial charge in [-0.05, 0) is 12.2 Å². The molecule has 1 fully saturated rings. The highest BCUT2D eigenvalue weighted by molar-refractivity contribution is 7.99. The number of nitrogens with zero attached hydrogens (tertiary/aromatic N) is 1. The smallest absolute Gasteiger partial charge is 0.248 e. The summed E-state index contributed by atoms with van der Waals surface area (Å²) in [6, 6.07) is 1.24. The van der Waals surface area contributed by atoms with E-state index >= 15 is 0 Å². The Morgan fingerprint density at radius 1 is 1.29 bits per heavy atom. The summed E-state index contributed by atoms with van der Waals surface area (Å²) in [5, 5.41) is 0. The number of nitrogens with one attached hydrogen (secondary N) is 1. The molecule has 7 heteroatoms. The summed E-state index contributed by atoms with van der Waals surface area (Å²) in [5.41, 5.74) is -0.458. The largest absolute Gasteiger partial charge is 0.366 e. The van der Waals surface area contributed by atoms with Gasteiger partial charge in [-0.1, -0.05) is 0 Å². The maximum atomic E-state index is 12.3. The van der Waals surface area contributed by atoms with Crippen molar-refractivity contribution >= 4 is 21.8 Å². The monoisotopic (exact) mass is 274 g/mol. The van der Waals surface area contributed by atoms with Crippen molar-refractivity contribution in [3.05, 3.63) is 28.7 Å². The molecule has 2 rings (SSSR count). The van der Waals surface area contributed by atoms with E-state index in [9.17, 15) is 13.2 Å². The van der Waals surface area contributed by atoms with Crippen molar-refractivity contribution in [2.24, 2.45) is 0 Å². The molecule has 1 N–H and O–H groups in total. The van der Waals surface area contributed by atoms with Crippen LogP contribution in [0.5, 0.6) is 0 Å². The maximum absolute atomic E-state index is 12.3. The first-order valence-electron chi connectivity index (χ1n) is 5.37. The Labute approximate surface area is 104 Å². The second-order valence-corrected chi connectivity index (χ2v) is 6.87. The fraction of sp³-hybridized carbons (Fsp3) is 0.500. The number of aromatic nitrogens is 1. The van der Waals surface area contributed by atoms with Crippen LogP contribution in [0.2, 0.25) is 0 Å². The SMILES string of the molecule is O=c1cc[nH]cc1S(=O)(=O)N1CCCSCC1. The van der Waals surface area contributed by atoms with Crippen LogP contribution in [-0.2, 0) is 10.0 Å². The number of hydrogen-bond acceptors (Lipinski definition) is 4. The highest BCUT2D eigenvalue weighted by Gasteiger charge is 2.27.